The normalized spacial score (nSPS) is 19.6. The van der Waals surface area contributed by atoms with Gasteiger partial charge in [0, 0.05) is 18.5 Å². The summed E-state index contributed by atoms with van der Waals surface area (Å²) >= 11 is 0. The number of Topliss-reactive ketones (excluding diaryl/α,β-unsaturated/α-hetero) is 1. The maximum Gasteiger partial charge on any atom is 0.295 e. The molecule has 1 amide bonds. The Kier molecular flexibility index (Phi) is 9.25. The SMILES string of the molecule is CCOc1ccc(/C([O-])=C2\C(=O)C(=O)N(CCC[NH+]3CCOCC3)C2c2ccc(OCC)c(OC)c2)cc1. The molecule has 0 bridgehead atoms. The predicted octanol–water partition coefficient (Wildman–Crippen LogP) is 1.02. The number of ether oxygens (including phenoxy) is 4. The van der Waals surface area contributed by atoms with Gasteiger partial charge in [0.2, 0.25) is 5.78 Å². The van der Waals surface area contributed by atoms with Crippen molar-refractivity contribution in [2.45, 2.75) is 26.3 Å². The highest BCUT2D eigenvalue weighted by molar-refractivity contribution is 6.46. The molecule has 0 spiro atoms. The minimum atomic E-state index is -0.821. The van der Waals surface area contributed by atoms with Crippen molar-refractivity contribution >= 4 is 17.4 Å². The number of hydrogen-bond donors (Lipinski definition) is 1. The minimum absolute atomic E-state index is 0.0518. The summed E-state index contributed by atoms with van der Waals surface area (Å²) in [5.41, 5.74) is 0.897. The van der Waals surface area contributed by atoms with E-state index >= 15 is 0 Å². The van der Waals surface area contributed by atoms with Gasteiger partial charge in [0.05, 0.1) is 46.1 Å². The van der Waals surface area contributed by atoms with Crippen molar-refractivity contribution < 1.29 is 38.5 Å². The van der Waals surface area contributed by atoms with Crippen LogP contribution in [0.1, 0.15) is 37.4 Å². The molecule has 2 aromatic rings. The van der Waals surface area contributed by atoms with Crippen LogP contribution in [0.5, 0.6) is 17.2 Å². The van der Waals surface area contributed by atoms with Crippen LogP contribution in [-0.4, -0.2) is 76.3 Å². The molecule has 4 rings (SSSR count). The summed E-state index contributed by atoms with van der Waals surface area (Å²) in [6.45, 7) is 9.20. The summed E-state index contributed by atoms with van der Waals surface area (Å²) in [5.74, 6) is -0.235. The zero-order valence-electron chi connectivity index (χ0n) is 22.3. The molecule has 0 aliphatic carbocycles. The topological polar surface area (TPSA) is 102 Å². The first-order valence-electron chi connectivity index (χ1n) is 13.2. The van der Waals surface area contributed by atoms with Gasteiger partial charge in [0.25, 0.3) is 5.91 Å². The van der Waals surface area contributed by atoms with Gasteiger partial charge in [-0.3, -0.25) is 9.59 Å². The maximum atomic E-state index is 13.7. The standard InChI is InChI=1S/C29H36N2O7/c1-4-37-22-10-7-20(8-11-22)27(32)25-26(21-9-12-23(38-5-2)24(19-21)35-3)31(29(34)28(25)33)14-6-13-30-15-17-36-18-16-30/h7-12,19,26,32H,4-6,13-18H2,1-3H3/b27-25+. The van der Waals surface area contributed by atoms with Crippen molar-refractivity contribution in [3.05, 3.63) is 59.2 Å². The summed E-state index contributed by atoms with van der Waals surface area (Å²) in [5, 5.41) is 13.7. The molecule has 1 unspecified atom stereocenters. The fraction of sp³-hybridized carbons (Fsp3) is 0.448. The second-order valence-corrected chi connectivity index (χ2v) is 9.24. The van der Waals surface area contributed by atoms with E-state index < -0.39 is 23.5 Å². The molecule has 1 atom stereocenters. The second-order valence-electron chi connectivity index (χ2n) is 9.24. The molecule has 0 aromatic heterocycles. The molecule has 2 aliphatic heterocycles. The average molecular weight is 525 g/mol. The Morgan fingerprint density at radius 3 is 2.39 bits per heavy atom. The summed E-state index contributed by atoms with van der Waals surface area (Å²) in [6.07, 6.45) is 0.698. The van der Waals surface area contributed by atoms with E-state index in [0.29, 0.717) is 54.6 Å². The number of nitrogens with zero attached hydrogens (tertiary/aromatic N) is 1. The van der Waals surface area contributed by atoms with Gasteiger partial charge < -0.3 is 33.9 Å². The van der Waals surface area contributed by atoms with Gasteiger partial charge in [-0.25, -0.2) is 0 Å². The number of ketones is 1. The Hall–Kier alpha value is -3.56. The summed E-state index contributed by atoms with van der Waals surface area (Å²) in [7, 11) is 1.53. The second kappa shape index (κ2) is 12.8. The van der Waals surface area contributed by atoms with Crippen molar-refractivity contribution in [1.29, 1.82) is 0 Å². The lowest BCUT2D eigenvalue weighted by molar-refractivity contribution is -0.908. The Labute approximate surface area is 223 Å². The monoisotopic (exact) mass is 524 g/mol. The van der Waals surface area contributed by atoms with Crippen molar-refractivity contribution in [2.75, 3.05) is 59.7 Å². The third-order valence-corrected chi connectivity index (χ3v) is 6.89. The molecule has 2 heterocycles. The summed E-state index contributed by atoms with van der Waals surface area (Å²) in [4.78, 5) is 29.5. The number of rotatable bonds is 11. The quantitative estimate of drug-likeness (QED) is 0.266. The van der Waals surface area contributed by atoms with Gasteiger partial charge in [-0.2, -0.15) is 0 Å². The van der Waals surface area contributed by atoms with Gasteiger partial charge in [0.1, 0.15) is 18.8 Å². The molecule has 0 saturated carbocycles. The number of carbonyl (C=O) groups excluding carboxylic acids is 2. The van der Waals surface area contributed by atoms with E-state index in [-0.39, 0.29) is 5.57 Å². The van der Waals surface area contributed by atoms with Crippen LogP contribution in [0, 0.1) is 0 Å². The van der Waals surface area contributed by atoms with E-state index in [4.69, 9.17) is 18.9 Å². The lowest BCUT2D eigenvalue weighted by Gasteiger charge is -2.29. The van der Waals surface area contributed by atoms with E-state index in [1.165, 1.54) is 16.9 Å². The fourth-order valence-corrected chi connectivity index (χ4v) is 5.01. The largest absolute Gasteiger partial charge is 0.872 e. The molecule has 9 nitrogen and oxygen atoms in total. The number of nitrogens with one attached hydrogen (secondary N) is 1. The van der Waals surface area contributed by atoms with Crippen LogP contribution in [0.3, 0.4) is 0 Å². The lowest BCUT2D eigenvalue weighted by Crippen LogP contribution is -3.14. The van der Waals surface area contributed by atoms with Crippen LogP contribution < -0.4 is 24.2 Å². The lowest BCUT2D eigenvalue weighted by atomic mass is 9.95. The number of quaternary nitrogens is 1. The van der Waals surface area contributed by atoms with Crippen LogP contribution >= 0.6 is 0 Å². The molecular weight excluding hydrogens is 488 g/mol. The van der Waals surface area contributed by atoms with Gasteiger partial charge in [-0.05, 0) is 49.2 Å². The van der Waals surface area contributed by atoms with Crippen LogP contribution in [0.2, 0.25) is 0 Å². The first-order valence-corrected chi connectivity index (χ1v) is 13.2. The van der Waals surface area contributed by atoms with Gasteiger partial charge in [-0.15, -0.1) is 0 Å². The van der Waals surface area contributed by atoms with Crippen molar-refractivity contribution in [3.8, 4) is 17.2 Å². The third kappa shape index (κ3) is 5.95. The zero-order chi connectivity index (χ0) is 27.1. The van der Waals surface area contributed by atoms with E-state index in [2.05, 4.69) is 0 Å². The van der Waals surface area contributed by atoms with Gasteiger partial charge in [-0.1, -0.05) is 24.0 Å². The molecular formula is C29H36N2O7. The number of amides is 1. The van der Waals surface area contributed by atoms with Crippen LogP contribution in [-0.2, 0) is 14.3 Å². The fourth-order valence-electron chi connectivity index (χ4n) is 5.01. The molecule has 2 aromatic carbocycles. The number of methoxy groups -OCH3 is 1. The highest BCUT2D eigenvalue weighted by Gasteiger charge is 2.44. The van der Waals surface area contributed by atoms with E-state index in [9.17, 15) is 14.7 Å². The highest BCUT2D eigenvalue weighted by atomic mass is 16.5. The summed E-state index contributed by atoms with van der Waals surface area (Å²) < 4.78 is 22.1. The number of hydrogen-bond acceptors (Lipinski definition) is 7. The van der Waals surface area contributed by atoms with E-state index in [0.717, 1.165) is 32.8 Å². The molecule has 1 N–H and O–H groups in total. The Morgan fingerprint density at radius 2 is 1.74 bits per heavy atom. The first-order chi connectivity index (χ1) is 18.5. The molecule has 0 radical (unpaired) electrons. The molecule has 9 heteroatoms. The zero-order valence-corrected chi connectivity index (χ0v) is 22.3. The smallest absolute Gasteiger partial charge is 0.295 e. The Morgan fingerprint density at radius 1 is 1.03 bits per heavy atom. The summed E-state index contributed by atoms with van der Waals surface area (Å²) in [6, 6.07) is 11.1. The number of likely N-dealkylation sites (tertiary alicyclic amines) is 1. The first kappa shape index (κ1) is 27.5. The predicted molar refractivity (Wildman–Crippen MR) is 139 cm³/mol. The Bertz CT molecular complexity index is 1160. The molecule has 2 saturated heterocycles. The Balaban J connectivity index is 1.71. The third-order valence-electron chi connectivity index (χ3n) is 6.89. The molecule has 2 fully saturated rings. The number of morpholine rings is 1. The van der Waals surface area contributed by atoms with Gasteiger partial charge >= 0.3 is 0 Å². The van der Waals surface area contributed by atoms with Gasteiger partial charge in [0.15, 0.2) is 11.5 Å². The average Bonchev–Trinajstić information content (AvgIpc) is 3.19. The molecule has 2 aliphatic rings. The highest BCUT2D eigenvalue weighted by Crippen LogP contribution is 2.41. The molecule has 38 heavy (non-hydrogen) atoms. The number of carbonyl (C=O) groups is 2. The van der Waals surface area contributed by atoms with Crippen molar-refractivity contribution in [2.24, 2.45) is 0 Å². The van der Waals surface area contributed by atoms with Crippen LogP contribution in [0.4, 0.5) is 0 Å². The van der Waals surface area contributed by atoms with Crippen LogP contribution in [0.25, 0.3) is 5.76 Å². The minimum Gasteiger partial charge on any atom is -0.872 e. The maximum absolute atomic E-state index is 13.7. The van der Waals surface area contributed by atoms with E-state index in [1.807, 2.05) is 13.8 Å². The van der Waals surface area contributed by atoms with Crippen LogP contribution in [0.15, 0.2) is 48.0 Å². The van der Waals surface area contributed by atoms with E-state index in [1.54, 1.807) is 42.5 Å². The van der Waals surface area contributed by atoms with Crippen molar-refractivity contribution in [3.63, 3.8) is 0 Å². The van der Waals surface area contributed by atoms with Crippen molar-refractivity contribution in [1.82, 2.24) is 4.90 Å². The molecule has 204 valence electrons. The number of benzene rings is 2.